The molecule has 0 spiro atoms. The van der Waals surface area contributed by atoms with Gasteiger partial charge in [0.15, 0.2) is 0 Å². The number of H-pyrrole nitrogens is 1. The van der Waals surface area contributed by atoms with E-state index >= 15 is 0 Å². The molecule has 0 fully saturated rings. The predicted molar refractivity (Wildman–Crippen MR) is 114 cm³/mol. The van der Waals surface area contributed by atoms with Crippen molar-refractivity contribution in [3.8, 4) is 11.3 Å². The number of nitrogens with one attached hydrogen (secondary N) is 2. The van der Waals surface area contributed by atoms with Crippen LogP contribution in [0.25, 0.3) is 11.3 Å². The lowest BCUT2D eigenvalue weighted by molar-refractivity contribution is 0.245. The molecule has 0 saturated carbocycles. The number of aromatic nitrogens is 2. The number of aromatic amines is 1. The van der Waals surface area contributed by atoms with E-state index in [1.165, 1.54) is 12.3 Å². The highest BCUT2D eigenvalue weighted by Gasteiger charge is 2.32. The van der Waals surface area contributed by atoms with Crippen molar-refractivity contribution in [2.75, 3.05) is 11.4 Å². The molecule has 2 amide bonds. The van der Waals surface area contributed by atoms with Crippen LogP contribution in [0.5, 0.6) is 0 Å². The fourth-order valence-electron chi connectivity index (χ4n) is 3.75. The average molecular weight is 426 g/mol. The molecule has 0 bridgehead atoms. The summed E-state index contributed by atoms with van der Waals surface area (Å²) >= 11 is 0. The Hall–Kier alpha value is -3.33. The van der Waals surface area contributed by atoms with Gasteiger partial charge in [-0.3, -0.25) is 4.90 Å². The van der Waals surface area contributed by atoms with E-state index in [1.54, 1.807) is 29.2 Å². The van der Waals surface area contributed by atoms with Crippen molar-refractivity contribution in [3.63, 3.8) is 0 Å². The van der Waals surface area contributed by atoms with Gasteiger partial charge in [0, 0.05) is 18.3 Å². The van der Waals surface area contributed by atoms with Gasteiger partial charge in [0.1, 0.15) is 0 Å². The van der Waals surface area contributed by atoms with E-state index in [0.29, 0.717) is 29.9 Å². The van der Waals surface area contributed by atoms with Gasteiger partial charge in [-0.05, 0) is 49.6 Å². The summed E-state index contributed by atoms with van der Waals surface area (Å²) in [4.78, 5) is 29.0. The molecule has 30 heavy (non-hydrogen) atoms. The van der Waals surface area contributed by atoms with Crippen LogP contribution in [0.15, 0.2) is 64.4 Å². The molecule has 4 rings (SSSR count). The van der Waals surface area contributed by atoms with Crippen LogP contribution in [-0.4, -0.2) is 36.0 Å². The number of anilines is 1. The zero-order valence-electron chi connectivity index (χ0n) is 16.6. The summed E-state index contributed by atoms with van der Waals surface area (Å²) in [6.07, 6.45) is 1.83. The molecule has 0 aliphatic carbocycles. The number of amides is 2. The minimum Gasteiger partial charge on any atom is -0.338 e. The maximum Gasteiger partial charge on any atom is 0.340 e. The molecule has 2 heterocycles. The van der Waals surface area contributed by atoms with E-state index in [9.17, 15) is 18.0 Å². The smallest absolute Gasteiger partial charge is 0.338 e. The zero-order valence-corrected chi connectivity index (χ0v) is 17.4. The van der Waals surface area contributed by atoms with Crippen LogP contribution in [0.4, 0.5) is 10.5 Å². The Bertz CT molecular complexity index is 1260. The van der Waals surface area contributed by atoms with E-state index in [1.807, 2.05) is 32.0 Å². The summed E-state index contributed by atoms with van der Waals surface area (Å²) in [5.74, 6) is 0. The molecule has 156 valence electrons. The third-order valence-corrected chi connectivity index (χ3v) is 6.78. The summed E-state index contributed by atoms with van der Waals surface area (Å²) in [6, 6.07) is 13.3. The Balaban J connectivity index is 1.72. The lowest BCUT2D eigenvalue weighted by Gasteiger charge is -2.22. The molecule has 1 atom stereocenters. The van der Waals surface area contributed by atoms with Gasteiger partial charge in [0.25, 0.3) is 10.0 Å². The lowest BCUT2D eigenvalue weighted by atomic mass is 10.1. The second-order valence-corrected chi connectivity index (χ2v) is 9.00. The van der Waals surface area contributed by atoms with Gasteiger partial charge < -0.3 is 10.3 Å². The van der Waals surface area contributed by atoms with Crippen molar-refractivity contribution in [3.05, 3.63) is 70.8 Å². The van der Waals surface area contributed by atoms with Gasteiger partial charge >= 0.3 is 11.7 Å². The molecule has 1 aliphatic rings. The number of hydrogen-bond donors (Lipinski definition) is 2. The Kier molecular flexibility index (Phi) is 4.98. The first-order valence-corrected chi connectivity index (χ1v) is 11.1. The summed E-state index contributed by atoms with van der Waals surface area (Å²) in [7, 11) is -4.09. The third kappa shape index (κ3) is 3.30. The van der Waals surface area contributed by atoms with Gasteiger partial charge in [-0.1, -0.05) is 30.3 Å². The van der Waals surface area contributed by atoms with Gasteiger partial charge in [0.2, 0.25) is 0 Å². The Morgan fingerprint density at radius 2 is 1.93 bits per heavy atom. The summed E-state index contributed by atoms with van der Waals surface area (Å²) in [5.41, 5.74) is 1.83. The van der Waals surface area contributed by atoms with Gasteiger partial charge in [-0.2, -0.15) is 3.97 Å². The molecule has 3 aromatic rings. The summed E-state index contributed by atoms with van der Waals surface area (Å²) < 4.78 is 27.0. The minimum atomic E-state index is -4.09. The van der Waals surface area contributed by atoms with E-state index in [4.69, 9.17) is 0 Å². The maximum atomic E-state index is 13.1. The number of urea groups is 1. The van der Waals surface area contributed by atoms with Crippen LogP contribution in [-0.2, 0) is 16.4 Å². The van der Waals surface area contributed by atoms with Crippen LogP contribution in [0, 0.1) is 0 Å². The molecule has 1 aliphatic heterocycles. The monoisotopic (exact) mass is 426 g/mol. The molecule has 8 nitrogen and oxygen atoms in total. The maximum absolute atomic E-state index is 13.1. The van der Waals surface area contributed by atoms with Crippen molar-refractivity contribution >= 4 is 21.7 Å². The number of carbonyl (C=O) groups excluding carboxylic acids is 1. The highest BCUT2D eigenvalue weighted by Crippen LogP contribution is 2.34. The van der Waals surface area contributed by atoms with E-state index in [-0.39, 0.29) is 17.0 Å². The largest absolute Gasteiger partial charge is 0.340 e. The van der Waals surface area contributed by atoms with Crippen molar-refractivity contribution in [2.24, 2.45) is 0 Å². The van der Waals surface area contributed by atoms with Gasteiger partial charge in [-0.15, -0.1) is 0 Å². The standard InChI is InChI=1S/C21H22N4O4S/c1-3-22-20(26)25-14(2)11-16-12-17(9-10-19(16)25)30(28,29)24-13-18(23-21(24)27)15-7-5-4-6-8-15/h4-10,12-14H,3,11H2,1-2H3,(H,22,26)(H,23,27). The third-order valence-electron chi connectivity index (χ3n) is 5.14. The van der Waals surface area contributed by atoms with Crippen molar-refractivity contribution in [1.82, 2.24) is 14.3 Å². The zero-order chi connectivity index (χ0) is 21.5. The number of rotatable bonds is 4. The number of hydrogen-bond acceptors (Lipinski definition) is 4. The predicted octanol–water partition coefficient (Wildman–Crippen LogP) is 2.56. The molecule has 1 unspecified atom stereocenters. The van der Waals surface area contributed by atoms with Crippen LogP contribution >= 0.6 is 0 Å². The topological polar surface area (TPSA) is 104 Å². The van der Waals surface area contributed by atoms with Crippen LogP contribution in [0.1, 0.15) is 19.4 Å². The molecule has 1 aromatic heterocycles. The molecule has 9 heteroatoms. The number of nitrogens with zero attached hydrogens (tertiary/aromatic N) is 2. The average Bonchev–Trinajstić information content (AvgIpc) is 3.28. The molecular weight excluding hydrogens is 404 g/mol. The Labute approximate surface area is 174 Å². The normalized spacial score (nSPS) is 15.8. The van der Waals surface area contributed by atoms with E-state index < -0.39 is 15.7 Å². The Morgan fingerprint density at radius 1 is 1.20 bits per heavy atom. The quantitative estimate of drug-likeness (QED) is 0.669. The van der Waals surface area contributed by atoms with E-state index in [0.717, 1.165) is 9.54 Å². The molecular formula is C21H22N4O4S. The first-order chi connectivity index (χ1) is 14.3. The van der Waals surface area contributed by atoms with Crippen LogP contribution < -0.4 is 15.9 Å². The number of imidazole rings is 1. The van der Waals surface area contributed by atoms with Crippen molar-refractivity contribution < 1.29 is 13.2 Å². The summed E-state index contributed by atoms with van der Waals surface area (Å²) in [6.45, 7) is 4.25. The van der Waals surface area contributed by atoms with Crippen molar-refractivity contribution in [2.45, 2.75) is 31.2 Å². The van der Waals surface area contributed by atoms with Crippen LogP contribution in [0.2, 0.25) is 0 Å². The van der Waals surface area contributed by atoms with E-state index in [2.05, 4.69) is 10.3 Å². The number of fused-ring (bicyclic) bond motifs is 1. The molecule has 2 aromatic carbocycles. The fraction of sp³-hybridized carbons (Fsp3) is 0.238. The molecule has 0 saturated heterocycles. The highest BCUT2D eigenvalue weighted by molar-refractivity contribution is 7.90. The number of carbonyl (C=O) groups is 1. The second-order valence-electron chi connectivity index (χ2n) is 7.19. The summed E-state index contributed by atoms with van der Waals surface area (Å²) in [5, 5.41) is 2.77. The van der Waals surface area contributed by atoms with Gasteiger partial charge in [-0.25, -0.2) is 18.0 Å². The number of benzene rings is 2. The SMILES string of the molecule is CCNC(=O)N1c2ccc(S(=O)(=O)n3cc(-c4ccccc4)[nH]c3=O)cc2CC1C. The molecule has 2 N–H and O–H groups in total. The van der Waals surface area contributed by atoms with Crippen molar-refractivity contribution in [1.29, 1.82) is 0 Å². The lowest BCUT2D eigenvalue weighted by Crippen LogP contribution is -2.43. The first-order valence-electron chi connectivity index (χ1n) is 9.65. The second kappa shape index (κ2) is 7.49. The first kappa shape index (κ1) is 20.0. The Morgan fingerprint density at radius 3 is 2.63 bits per heavy atom. The molecule has 0 radical (unpaired) electrons. The van der Waals surface area contributed by atoms with Crippen LogP contribution in [0.3, 0.4) is 0 Å². The fourth-order valence-corrected chi connectivity index (χ4v) is 5.02. The minimum absolute atomic E-state index is 0.00640. The highest BCUT2D eigenvalue weighted by atomic mass is 32.2. The van der Waals surface area contributed by atoms with Gasteiger partial charge in [0.05, 0.1) is 16.8 Å².